The summed E-state index contributed by atoms with van der Waals surface area (Å²) in [7, 11) is 0. The third-order valence-electron chi connectivity index (χ3n) is 3.40. The second-order valence-electron chi connectivity index (χ2n) is 5.28. The summed E-state index contributed by atoms with van der Waals surface area (Å²) in [6.07, 6.45) is 0.0765. The molecule has 0 saturated heterocycles. The second-order valence-corrected chi connectivity index (χ2v) is 6.53. The van der Waals surface area contributed by atoms with Gasteiger partial charge in [0.15, 0.2) is 6.61 Å². The molecule has 0 aliphatic carbocycles. The number of ether oxygens (including phenoxy) is 2. The van der Waals surface area contributed by atoms with Crippen molar-refractivity contribution in [2.75, 3.05) is 13.2 Å². The summed E-state index contributed by atoms with van der Waals surface area (Å²) in [4.78, 5) is 24.0. The molecule has 0 saturated carbocycles. The number of hydrogen-bond acceptors (Lipinski definition) is 4. The Morgan fingerprint density at radius 3 is 2.40 bits per heavy atom. The van der Waals surface area contributed by atoms with Crippen molar-refractivity contribution in [3.8, 4) is 5.75 Å². The average molecular weight is 453 g/mol. The number of rotatable bonds is 8. The fraction of sp³-hybridized carbons (Fsp3) is 0.263. The van der Waals surface area contributed by atoms with E-state index in [1.807, 2.05) is 54.6 Å². The van der Waals surface area contributed by atoms with Crippen molar-refractivity contribution in [1.82, 2.24) is 5.32 Å². The summed E-state index contributed by atoms with van der Waals surface area (Å²) in [5.41, 5.74) is 0.846. The van der Waals surface area contributed by atoms with E-state index in [9.17, 15) is 9.59 Å². The zero-order valence-electron chi connectivity index (χ0n) is 13.9. The minimum atomic E-state index is -0.451. The highest BCUT2D eigenvalue weighted by Crippen LogP contribution is 2.18. The standard InChI is InChI=1S/C19H20INO4/c1-2-24-19(23)12-17(14-6-4-3-5-7-14)21-18(22)13-25-16-10-8-15(20)9-11-16/h3-11,17H,2,12-13H2,1H3,(H,21,22). The molecule has 5 nitrogen and oxygen atoms in total. The van der Waals surface area contributed by atoms with Gasteiger partial charge >= 0.3 is 5.97 Å². The molecule has 2 aromatic carbocycles. The van der Waals surface area contributed by atoms with Crippen LogP contribution in [0.25, 0.3) is 0 Å². The van der Waals surface area contributed by atoms with E-state index < -0.39 is 6.04 Å². The molecule has 0 aromatic heterocycles. The molecule has 0 aliphatic heterocycles. The molecule has 1 N–H and O–H groups in total. The Kier molecular flexibility index (Phi) is 7.72. The number of carbonyl (C=O) groups excluding carboxylic acids is 2. The molecular formula is C19H20INO4. The lowest BCUT2D eigenvalue weighted by atomic mass is 10.0. The van der Waals surface area contributed by atoms with Crippen molar-refractivity contribution in [3.05, 3.63) is 63.7 Å². The summed E-state index contributed by atoms with van der Waals surface area (Å²) >= 11 is 2.20. The lowest BCUT2D eigenvalue weighted by Crippen LogP contribution is -2.34. The molecule has 1 atom stereocenters. The Balaban J connectivity index is 1.96. The van der Waals surface area contributed by atoms with Gasteiger partial charge in [-0.05, 0) is 59.3 Å². The summed E-state index contributed by atoms with van der Waals surface area (Å²) in [5, 5.41) is 2.84. The van der Waals surface area contributed by atoms with Gasteiger partial charge in [0.1, 0.15) is 5.75 Å². The van der Waals surface area contributed by atoms with Crippen molar-refractivity contribution < 1.29 is 19.1 Å². The first kappa shape index (κ1) is 19.2. The van der Waals surface area contributed by atoms with Crippen LogP contribution in [0.5, 0.6) is 5.75 Å². The number of benzene rings is 2. The average Bonchev–Trinajstić information content (AvgIpc) is 2.62. The molecule has 0 aliphatic rings. The normalized spacial score (nSPS) is 11.4. The molecule has 6 heteroatoms. The van der Waals surface area contributed by atoms with Crippen LogP contribution in [-0.2, 0) is 14.3 Å². The van der Waals surface area contributed by atoms with Crippen molar-refractivity contribution in [2.45, 2.75) is 19.4 Å². The number of hydrogen-bond donors (Lipinski definition) is 1. The van der Waals surface area contributed by atoms with Gasteiger partial charge < -0.3 is 14.8 Å². The molecule has 0 heterocycles. The fourth-order valence-corrected chi connectivity index (χ4v) is 2.60. The van der Waals surface area contributed by atoms with E-state index in [-0.39, 0.29) is 24.9 Å². The monoisotopic (exact) mass is 453 g/mol. The lowest BCUT2D eigenvalue weighted by molar-refractivity contribution is -0.143. The maximum Gasteiger partial charge on any atom is 0.308 e. The first-order valence-electron chi connectivity index (χ1n) is 7.96. The largest absolute Gasteiger partial charge is 0.484 e. The van der Waals surface area contributed by atoms with Crippen LogP contribution in [-0.4, -0.2) is 25.1 Å². The van der Waals surface area contributed by atoms with Gasteiger partial charge in [-0.2, -0.15) is 0 Å². The van der Waals surface area contributed by atoms with Gasteiger partial charge in [0.25, 0.3) is 5.91 Å². The van der Waals surface area contributed by atoms with E-state index in [0.29, 0.717) is 12.4 Å². The van der Waals surface area contributed by atoms with Crippen LogP contribution in [0.2, 0.25) is 0 Å². The van der Waals surface area contributed by atoms with Crippen LogP contribution in [0.3, 0.4) is 0 Å². The van der Waals surface area contributed by atoms with Crippen molar-refractivity contribution in [2.24, 2.45) is 0 Å². The van der Waals surface area contributed by atoms with E-state index in [2.05, 4.69) is 27.9 Å². The highest BCUT2D eigenvalue weighted by atomic mass is 127. The summed E-state index contributed by atoms with van der Waals surface area (Å²) in [6, 6.07) is 16.3. The van der Waals surface area contributed by atoms with Gasteiger partial charge in [-0.3, -0.25) is 9.59 Å². The maximum atomic E-state index is 12.2. The van der Waals surface area contributed by atoms with Gasteiger partial charge in [-0.1, -0.05) is 30.3 Å². The van der Waals surface area contributed by atoms with Crippen molar-refractivity contribution in [1.29, 1.82) is 0 Å². The minimum absolute atomic E-state index is 0.0765. The summed E-state index contributed by atoms with van der Waals surface area (Å²) in [6.45, 7) is 1.94. The van der Waals surface area contributed by atoms with E-state index in [0.717, 1.165) is 9.13 Å². The first-order valence-corrected chi connectivity index (χ1v) is 9.04. The Morgan fingerprint density at radius 1 is 1.08 bits per heavy atom. The predicted octanol–water partition coefficient (Wildman–Crippen LogP) is 3.48. The Bertz CT molecular complexity index is 688. The van der Waals surface area contributed by atoms with Crippen LogP contribution in [0.4, 0.5) is 0 Å². The van der Waals surface area contributed by atoms with Gasteiger partial charge in [0.05, 0.1) is 19.1 Å². The molecule has 0 radical (unpaired) electrons. The highest BCUT2D eigenvalue weighted by molar-refractivity contribution is 14.1. The molecule has 0 spiro atoms. The van der Waals surface area contributed by atoms with Gasteiger partial charge in [-0.15, -0.1) is 0 Å². The molecule has 132 valence electrons. The van der Waals surface area contributed by atoms with Crippen LogP contribution < -0.4 is 10.1 Å². The summed E-state index contributed by atoms with van der Waals surface area (Å²) in [5.74, 6) is -0.0240. The van der Waals surface area contributed by atoms with E-state index >= 15 is 0 Å². The van der Waals surface area contributed by atoms with E-state index in [1.54, 1.807) is 6.92 Å². The molecule has 2 aromatic rings. The summed E-state index contributed by atoms with van der Waals surface area (Å²) < 4.78 is 11.6. The second kappa shape index (κ2) is 10.0. The minimum Gasteiger partial charge on any atom is -0.484 e. The predicted molar refractivity (Wildman–Crippen MR) is 103 cm³/mol. The molecule has 1 unspecified atom stereocenters. The molecule has 0 bridgehead atoms. The smallest absolute Gasteiger partial charge is 0.308 e. The highest BCUT2D eigenvalue weighted by Gasteiger charge is 2.19. The number of carbonyl (C=O) groups is 2. The third-order valence-corrected chi connectivity index (χ3v) is 4.12. The van der Waals surface area contributed by atoms with E-state index in [1.165, 1.54) is 0 Å². The quantitative estimate of drug-likeness (QED) is 0.491. The van der Waals surface area contributed by atoms with Crippen LogP contribution >= 0.6 is 22.6 Å². The Morgan fingerprint density at radius 2 is 1.76 bits per heavy atom. The zero-order chi connectivity index (χ0) is 18.1. The van der Waals surface area contributed by atoms with Gasteiger partial charge in [0, 0.05) is 3.57 Å². The van der Waals surface area contributed by atoms with Crippen LogP contribution in [0.1, 0.15) is 24.9 Å². The lowest BCUT2D eigenvalue weighted by Gasteiger charge is -2.18. The van der Waals surface area contributed by atoms with Crippen LogP contribution in [0, 0.1) is 3.57 Å². The third kappa shape index (κ3) is 6.74. The molecular weight excluding hydrogens is 433 g/mol. The van der Waals surface area contributed by atoms with E-state index in [4.69, 9.17) is 9.47 Å². The number of nitrogens with one attached hydrogen (secondary N) is 1. The molecule has 25 heavy (non-hydrogen) atoms. The number of esters is 1. The van der Waals surface area contributed by atoms with Crippen molar-refractivity contribution >= 4 is 34.5 Å². The van der Waals surface area contributed by atoms with Gasteiger partial charge in [-0.25, -0.2) is 0 Å². The maximum absolute atomic E-state index is 12.2. The Labute approximate surface area is 160 Å². The first-order chi connectivity index (χ1) is 12.1. The van der Waals surface area contributed by atoms with Crippen LogP contribution in [0.15, 0.2) is 54.6 Å². The SMILES string of the molecule is CCOC(=O)CC(NC(=O)COc1ccc(I)cc1)c1ccccc1. The Hall–Kier alpha value is -2.09. The van der Waals surface area contributed by atoms with Gasteiger partial charge in [0.2, 0.25) is 0 Å². The molecule has 2 rings (SSSR count). The fourth-order valence-electron chi connectivity index (χ4n) is 2.24. The zero-order valence-corrected chi connectivity index (χ0v) is 16.1. The molecule has 1 amide bonds. The van der Waals surface area contributed by atoms with Crippen molar-refractivity contribution in [3.63, 3.8) is 0 Å². The number of halogens is 1. The number of amides is 1. The molecule has 0 fully saturated rings. The topological polar surface area (TPSA) is 64.6 Å².